The Kier molecular flexibility index (Phi) is 19.4. The molecule has 0 unspecified atom stereocenters. The smallest absolute Gasteiger partial charge is 0.308 e. The lowest BCUT2D eigenvalue weighted by molar-refractivity contribution is -0.157. The van der Waals surface area contributed by atoms with Gasteiger partial charge >= 0.3 is 23.9 Å². The minimum absolute atomic E-state index is 0.0339. The Labute approximate surface area is 331 Å². The van der Waals surface area contributed by atoms with Crippen LogP contribution in [-0.2, 0) is 68.5 Å². The molecule has 15 nitrogen and oxygen atoms in total. The molecule has 0 aliphatic carbocycles. The van der Waals surface area contributed by atoms with Crippen LogP contribution in [0.1, 0.15) is 106 Å². The Morgan fingerprint density at radius 1 is 0.607 bits per heavy atom. The summed E-state index contributed by atoms with van der Waals surface area (Å²) in [6.45, 7) is 15.7. The van der Waals surface area contributed by atoms with Crippen LogP contribution in [0.25, 0.3) is 0 Å². The fourth-order valence-electron chi connectivity index (χ4n) is 5.24. The quantitative estimate of drug-likeness (QED) is 0.0933. The molecule has 56 heavy (non-hydrogen) atoms. The van der Waals surface area contributed by atoms with Crippen LogP contribution in [0.15, 0.2) is 30.3 Å². The van der Waals surface area contributed by atoms with Gasteiger partial charge in [0, 0.05) is 25.9 Å². The van der Waals surface area contributed by atoms with Crippen LogP contribution in [0.3, 0.4) is 0 Å². The molecular formula is C41H64N2O13. The van der Waals surface area contributed by atoms with Crippen molar-refractivity contribution < 1.29 is 61.9 Å². The Morgan fingerprint density at radius 2 is 1.04 bits per heavy atom. The number of esters is 4. The molecule has 0 aromatic heterocycles. The number of carbonyl (C=O) groups is 6. The zero-order valence-corrected chi connectivity index (χ0v) is 34.8. The average Bonchev–Trinajstić information content (AvgIpc) is 3.03. The monoisotopic (exact) mass is 792 g/mol. The van der Waals surface area contributed by atoms with Crippen LogP contribution in [0.5, 0.6) is 0 Å². The van der Waals surface area contributed by atoms with Gasteiger partial charge in [-0.25, -0.2) is 0 Å². The third-order valence-corrected chi connectivity index (χ3v) is 7.75. The highest BCUT2D eigenvalue weighted by atomic mass is 16.6. The van der Waals surface area contributed by atoms with Gasteiger partial charge in [-0.2, -0.15) is 0 Å². The zero-order chi connectivity index (χ0) is 42.0. The molecular weight excluding hydrogens is 728 g/mol. The van der Waals surface area contributed by atoms with E-state index in [0.717, 1.165) is 5.56 Å². The zero-order valence-electron chi connectivity index (χ0n) is 34.8. The van der Waals surface area contributed by atoms with Gasteiger partial charge in [-0.15, -0.1) is 0 Å². The number of hydrogen-bond acceptors (Lipinski definition) is 13. The fraction of sp³-hybridized carbons (Fsp3) is 0.707. The maximum atomic E-state index is 13.7. The molecule has 0 spiro atoms. The van der Waals surface area contributed by atoms with Crippen LogP contribution >= 0.6 is 0 Å². The molecule has 15 heteroatoms. The van der Waals surface area contributed by atoms with E-state index in [4.69, 9.17) is 33.2 Å². The number of ether oxygens (including phenoxy) is 7. The average molecular weight is 793 g/mol. The van der Waals surface area contributed by atoms with E-state index in [0.29, 0.717) is 6.42 Å². The van der Waals surface area contributed by atoms with E-state index in [2.05, 4.69) is 5.32 Å². The van der Waals surface area contributed by atoms with Crippen LogP contribution in [0, 0.1) is 5.92 Å². The summed E-state index contributed by atoms with van der Waals surface area (Å²) in [7, 11) is 0. The largest absolute Gasteiger partial charge is 0.461 e. The van der Waals surface area contributed by atoms with Gasteiger partial charge in [-0.3, -0.25) is 28.8 Å². The molecule has 1 aromatic rings. The molecule has 1 heterocycles. The third kappa shape index (κ3) is 21.3. The molecule has 0 bridgehead atoms. The maximum absolute atomic E-state index is 13.7. The van der Waals surface area contributed by atoms with Crippen molar-refractivity contribution in [2.45, 2.75) is 130 Å². The van der Waals surface area contributed by atoms with Gasteiger partial charge in [-0.05, 0) is 74.3 Å². The van der Waals surface area contributed by atoms with Crippen molar-refractivity contribution in [1.29, 1.82) is 0 Å². The molecule has 1 fully saturated rings. The van der Waals surface area contributed by atoms with Gasteiger partial charge < -0.3 is 43.4 Å². The lowest BCUT2D eigenvalue weighted by Crippen LogP contribution is -2.64. The summed E-state index contributed by atoms with van der Waals surface area (Å²) in [5, 5.41) is 3.00. The summed E-state index contributed by atoms with van der Waals surface area (Å²) in [5.74, 6) is -2.90. The minimum Gasteiger partial charge on any atom is -0.461 e. The summed E-state index contributed by atoms with van der Waals surface area (Å²) in [4.78, 5) is 77.3. The van der Waals surface area contributed by atoms with Crippen LogP contribution in [0.2, 0.25) is 0 Å². The molecule has 1 saturated heterocycles. The first-order valence-corrected chi connectivity index (χ1v) is 19.2. The van der Waals surface area contributed by atoms with Crippen molar-refractivity contribution in [3.8, 4) is 0 Å². The molecule has 2 rings (SSSR count). The number of likely N-dealkylation sites (tertiary alicyclic amines) is 1. The van der Waals surface area contributed by atoms with E-state index >= 15 is 0 Å². The number of amides is 2. The molecule has 0 saturated carbocycles. The number of rotatable bonds is 23. The van der Waals surface area contributed by atoms with Crippen molar-refractivity contribution in [2.24, 2.45) is 5.92 Å². The van der Waals surface area contributed by atoms with E-state index in [9.17, 15) is 28.8 Å². The van der Waals surface area contributed by atoms with Gasteiger partial charge in [-0.1, -0.05) is 30.3 Å². The molecule has 2 amide bonds. The standard InChI is InChI=1S/C41H64N2O13/c1-38(2,3)54-34(46)18-21-50-27-41(28-51-22-19-35(47)55-39(4,5)6,29-52-23-20-36(48)56-40(7,8)9)42-37(49)31-24-43(25-31)32(44)16-13-17-33(45)53-26-30-14-11-10-12-15-30/h10-12,14-15,31H,13,16-29H2,1-9H3,(H,42,49). The Hall–Kier alpha value is -4.08. The van der Waals surface area contributed by atoms with Crippen molar-refractivity contribution in [1.82, 2.24) is 10.2 Å². The SMILES string of the molecule is CC(C)(C)OC(=O)CCOCC(COCCC(=O)OC(C)(C)C)(COCCC(=O)OC(C)(C)C)NC(=O)C1CN(C(=O)CCCC(=O)OCc2ccccc2)C1. The summed E-state index contributed by atoms with van der Waals surface area (Å²) in [6, 6.07) is 9.31. The number of carbonyl (C=O) groups excluding carboxylic acids is 6. The Bertz CT molecular complexity index is 1330. The van der Waals surface area contributed by atoms with E-state index in [-0.39, 0.29) is 103 Å². The normalized spacial score (nSPS) is 13.7. The second-order valence-corrected chi connectivity index (χ2v) is 16.9. The predicted octanol–water partition coefficient (Wildman–Crippen LogP) is 4.46. The first-order chi connectivity index (χ1) is 26.0. The molecule has 1 aliphatic rings. The second kappa shape index (κ2) is 22.6. The van der Waals surface area contributed by atoms with Gasteiger partial charge in [0.1, 0.15) is 28.9 Å². The van der Waals surface area contributed by atoms with Gasteiger partial charge in [0.25, 0.3) is 0 Å². The van der Waals surface area contributed by atoms with Gasteiger partial charge in [0.2, 0.25) is 11.8 Å². The summed E-state index contributed by atoms with van der Waals surface area (Å²) in [6.07, 6.45) is 0.376. The fourth-order valence-corrected chi connectivity index (χ4v) is 5.24. The van der Waals surface area contributed by atoms with E-state index in [1.165, 1.54) is 0 Å². The lowest BCUT2D eigenvalue weighted by atomic mass is 9.95. The molecule has 1 N–H and O–H groups in total. The number of benzene rings is 1. The van der Waals surface area contributed by atoms with Gasteiger partial charge in [0.05, 0.1) is 64.8 Å². The molecule has 0 atom stereocenters. The van der Waals surface area contributed by atoms with Crippen molar-refractivity contribution in [3.05, 3.63) is 35.9 Å². The first-order valence-electron chi connectivity index (χ1n) is 19.2. The molecule has 316 valence electrons. The number of nitrogens with zero attached hydrogens (tertiary/aromatic N) is 1. The topological polar surface area (TPSA) is 182 Å². The van der Waals surface area contributed by atoms with Crippen LogP contribution < -0.4 is 5.32 Å². The van der Waals surface area contributed by atoms with Gasteiger partial charge in [0.15, 0.2) is 0 Å². The summed E-state index contributed by atoms with van der Waals surface area (Å²) < 4.78 is 39.1. The summed E-state index contributed by atoms with van der Waals surface area (Å²) >= 11 is 0. The predicted molar refractivity (Wildman–Crippen MR) is 205 cm³/mol. The third-order valence-electron chi connectivity index (χ3n) is 7.75. The highest BCUT2D eigenvalue weighted by Gasteiger charge is 2.41. The van der Waals surface area contributed by atoms with E-state index < -0.39 is 52.1 Å². The second-order valence-electron chi connectivity index (χ2n) is 16.9. The van der Waals surface area contributed by atoms with Crippen LogP contribution in [0.4, 0.5) is 0 Å². The Morgan fingerprint density at radius 3 is 1.45 bits per heavy atom. The number of nitrogens with one attached hydrogen (secondary N) is 1. The highest BCUT2D eigenvalue weighted by molar-refractivity contribution is 5.85. The number of hydrogen-bond donors (Lipinski definition) is 1. The minimum atomic E-state index is -1.32. The van der Waals surface area contributed by atoms with Crippen molar-refractivity contribution >= 4 is 35.7 Å². The van der Waals surface area contributed by atoms with Crippen molar-refractivity contribution in [3.63, 3.8) is 0 Å². The first kappa shape index (κ1) is 48.1. The summed E-state index contributed by atoms with van der Waals surface area (Å²) in [5.41, 5.74) is -2.48. The van der Waals surface area contributed by atoms with Crippen molar-refractivity contribution in [2.75, 3.05) is 52.7 Å². The molecule has 0 radical (unpaired) electrons. The maximum Gasteiger partial charge on any atom is 0.308 e. The Balaban J connectivity index is 2.06. The highest BCUT2D eigenvalue weighted by Crippen LogP contribution is 2.21. The molecule has 1 aromatic carbocycles. The van der Waals surface area contributed by atoms with E-state index in [1.807, 2.05) is 30.3 Å². The molecule has 1 aliphatic heterocycles. The lowest BCUT2D eigenvalue weighted by Gasteiger charge is -2.41. The van der Waals surface area contributed by atoms with Crippen LogP contribution in [-0.4, -0.2) is 116 Å². The van der Waals surface area contributed by atoms with E-state index in [1.54, 1.807) is 67.2 Å².